The van der Waals surface area contributed by atoms with Crippen molar-refractivity contribution in [3.63, 3.8) is 0 Å². The summed E-state index contributed by atoms with van der Waals surface area (Å²) in [4.78, 5) is 10.8. The lowest BCUT2D eigenvalue weighted by atomic mass is 9.94. The van der Waals surface area contributed by atoms with Gasteiger partial charge in [-0.3, -0.25) is 4.57 Å². The van der Waals surface area contributed by atoms with Gasteiger partial charge >= 0.3 is 0 Å². The average molecular weight is 687 g/mol. The van der Waals surface area contributed by atoms with E-state index in [9.17, 15) is 0 Å². The lowest BCUT2D eigenvalue weighted by Crippen LogP contribution is -2.03. The van der Waals surface area contributed by atoms with E-state index in [-0.39, 0.29) is 0 Å². The highest BCUT2D eigenvalue weighted by atomic mass is 15.2. The van der Waals surface area contributed by atoms with Gasteiger partial charge in [-0.15, -0.1) is 0 Å². The van der Waals surface area contributed by atoms with Crippen molar-refractivity contribution >= 4 is 86.8 Å². The van der Waals surface area contributed by atoms with Crippen LogP contribution in [0.15, 0.2) is 182 Å². The van der Waals surface area contributed by atoms with E-state index in [4.69, 9.17) is 9.97 Å². The summed E-state index contributed by atoms with van der Waals surface area (Å²) in [6, 6.07) is 65.5. The molecule has 0 bridgehead atoms. The zero-order chi connectivity index (χ0) is 35.3. The van der Waals surface area contributed by atoms with Crippen LogP contribution >= 0.6 is 0 Å². The fourth-order valence-electron chi connectivity index (χ4n) is 8.88. The van der Waals surface area contributed by atoms with Gasteiger partial charge in [-0.05, 0) is 86.9 Å². The molecule has 4 heteroatoms. The van der Waals surface area contributed by atoms with E-state index in [1.807, 2.05) is 0 Å². The molecule has 0 atom stereocenters. The van der Waals surface area contributed by atoms with Gasteiger partial charge in [0.15, 0.2) is 0 Å². The summed E-state index contributed by atoms with van der Waals surface area (Å²) in [7, 11) is 0. The van der Waals surface area contributed by atoms with Crippen molar-refractivity contribution in [1.29, 1.82) is 0 Å². The molecule has 54 heavy (non-hydrogen) atoms. The first kappa shape index (κ1) is 29.3. The first-order valence-corrected chi connectivity index (χ1v) is 18.4. The summed E-state index contributed by atoms with van der Waals surface area (Å²) in [6.45, 7) is 0. The van der Waals surface area contributed by atoms with Crippen LogP contribution in [0.25, 0.3) is 110 Å². The standard InChI is InChI=1S/C50H30N4/c1-2-14-35-32(13-1)28-43(37-16-4-3-15-36(35)37)49-41-20-5-9-21-44(41)51-50(52-49)54-47-24-12-8-19-40(47)42-29-33-27-34(26-25-31(33)30-48(42)54)53-45-22-10-6-17-38(45)39-18-7-11-23-46(39)53/h1-30H. The molecule has 0 spiro atoms. The molecule has 0 N–H and O–H groups in total. The van der Waals surface area contributed by atoms with Crippen molar-refractivity contribution in [2.75, 3.05) is 0 Å². The van der Waals surface area contributed by atoms with Crippen LogP contribution in [0.2, 0.25) is 0 Å². The molecule has 0 aliphatic heterocycles. The van der Waals surface area contributed by atoms with E-state index >= 15 is 0 Å². The molecular weight excluding hydrogens is 657 g/mol. The number of fused-ring (bicyclic) bond motifs is 11. The first-order valence-electron chi connectivity index (χ1n) is 18.4. The van der Waals surface area contributed by atoms with Gasteiger partial charge in [0.1, 0.15) is 0 Å². The minimum atomic E-state index is 0.661. The molecule has 250 valence electrons. The van der Waals surface area contributed by atoms with Gasteiger partial charge in [0.05, 0.1) is 33.3 Å². The zero-order valence-electron chi connectivity index (χ0n) is 29.1. The smallest absolute Gasteiger partial charge is 0.235 e. The maximum Gasteiger partial charge on any atom is 0.235 e. The van der Waals surface area contributed by atoms with Gasteiger partial charge in [-0.2, -0.15) is 0 Å². The summed E-state index contributed by atoms with van der Waals surface area (Å²) in [5.41, 5.74) is 8.67. The summed E-state index contributed by atoms with van der Waals surface area (Å²) >= 11 is 0. The molecule has 12 rings (SSSR count). The zero-order valence-corrected chi connectivity index (χ0v) is 29.1. The Labute approximate surface area is 309 Å². The van der Waals surface area contributed by atoms with Crippen molar-refractivity contribution in [2.24, 2.45) is 0 Å². The molecule has 0 amide bonds. The van der Waals surface area contributed by atoms with Gasteiger partial charge in [-0.25, -0.2) is 9.97 Å². The molecule has 0 unspecified atom stereocenters. The number of hydrogen-bond acceptors (Lipinski definition) is 2. The third kappa shape index (κ3) is 4.13. The van der Waals surface area contributed by atoms with Gasteiger partial charge in [0.2, 0.25) is 5.95 Å². The van der Waals surface area contributed by atoms with E-state index in [0.717, 1.165) is 44.3 Å². The SMILES string of the molecule is c1ccc2c(c1)cc(-c1nc(-n3c4ccccc4c4cc5cc(-n6c7ccccc7c7ccccc76)ccc5cc43)nc3ccccc13)c1ccccc12. The molecule has 3 heterocycles. The number of aromatic nitrogens is 4. The Morgan fingerprint density at radius 3 is 1.63 bits per heavy atom. The molecule has 9 aromatic carbocycles. The molecule has 3 aromatic heterocycles. The van der Waals surface area contributed by atoms with Crippen LogP contribution in [0, 0.1) is 0 Å². The van der Waals surface area contributed by atoms with E-state index in [2.05, 4.69) is 191 Å². The molecular formula is C50H30N4. The quantitative estimate of drug-likeness (QED) is 0.173. The first-order chi connectivity index (χ1) is 26.8. The van der Waals surface area contributed by atoms with Gasteiger partial charge in [-0.1, -0.05) is 127 Å². The van der Waals surface area contributed by atoms with Crippen LogP contribution in [0.4, 0.5) is 0 Å². The molecule has 0 saturated carbocycles. The molecule has 12 aromatic rings. The van der Waals surface area contributed by atoms with Crippen LogP contribution in [0.5, 0.6) is 0 Å². The Morgan fingerprint density at radius 2 is 0.889 bits per heavy atom. The monoisotopic (exact) mass is 686 g/mol. The predicted molar refractivity (Wildman–Crippen MR) is 226 cm³/mol. The lowest BCUT2D eigenvalue weighted by Gasteiger charge is -2.15. The maximum absolute atomic E-state index is 5.51. The largest absolute Gasteiger partial charge is 0.309 e. The summed E-state index contributed by atoms with van der Waals surface area (Å²) in [5.74, 6) is 0.661. The Balaban J connectivity index is 1.12. The van der Waals surface area contributed by atoms with Crippen LogP contribution in [0.1, 0.15) is 0 Å². The van der Waals surface area contributed by atoms with E-state index in [0.29, 0.717) is 5.95 Å². The molecule has 0 radical (unpaired) electrons. The van der Waals surface area contributed by atoms with Crippen LogP contribution in [-0.2, 0) is 0 Å². The summed E-state index contributed by atoms with van der Waals surface area (Å²) < 4.78 is 4.64. The van der Waals surface area contributed by atoms with Crippen molar-refractivity contribution < 1.29 is 0 Å². The van der Waals surface area contributed by atoms with Gasteiger partial charge in [0, 0.05) is 38.2 Å². The topological polar surface area (TPSA) is 35.6 Å². The Morgan fingerprint density at radius 1 is 0.315 bits per heavy atom. The number of benzene rings is 9. The molecule has 0 saturated heterocycles. The second-order valence-electron chi connectivity index (χ2n) is 14.2. The number of nitrogens with zero attached hydrogens (tertiary/aromatic N) is 4. The second-order valence-corrected chi connectivity index (χ2v) is 14.2. The molecule has 0 fully saturated rings. The molecule has 0 aliphatic carbocycles. The number of para-hydroxylation sites is 4. The fourth-order valence-corrected chi connectivity index (χ4v) is 8.88. The summed E-state index contributed by atoms with van der Waals surface area (Å²) in [5, 5.41) is 13.1. The summed E-state index contributed by atoms with van der Waals surface area (Å²) in [6.07, 6.45) is 0. The Kier molecular flexibility index (Phi) is 6.02. The van der Waals surface area contributed by atoms with Crippen molar-refractivity contribution in [3.05, 3.63) is 182 Å². The highest BCUT2D eigenvalue weighted by Gasteiger charge is 2.20. The predicted octanol–water partition coefficient (Wildman–Crippen LogP) is 13.0. The van der Waals surface area contributed by atoms with Crippen molar-refractivity contribution in [1.82, 2.24) is 19.1 Å². The number of rotatable bonds is 3. The van der Waals surface area contributed by atoms with Crippen molar-refractivity contribution in [2.45, 2.75) is 0 Å². The minimum Gasteiger partial charge on any atom is -0.309 e. The highest BCUT2D eigenvalue weighted by molar-refractivity contribution is 6.17. The van der Waals surface area contributed by atoms with E-state index in [1.165, 1.54) is 59.5 Å². The fraction of sp³-hybridized carbons (Fsp3) is 0. The van der Waals surface area contributed by atoms with Crippen LogP contribution in [0.3, 0.4) is 0 Å². The number of hydrogen-bond donors (Lipinski definition) is 0. The Bertz CT molecular complexity index is 3460. The van der Waals surface area contributed by atoms with E-state index < -0.39 is 0 Å². The second kappa shape index (κ2) is 11.1. The highest BCUT2D eigenvalue weighted by Crippen LogP contribution is 2.40. The third-order valence-electron chi connectivity index (χ3n) is 11.3. The van der Waals surface area contributed by atoms with Gasteiger partial charge in [0.25, 0.3) is 0 Å². The third-order valence-corrected chi connectivity index (χ3v) is 11.3. The van der Waals surface area contributed by atoms with Crippen LogP contribution in [-0.4, -0.2) is 19.1 Å². The van der Waals surface area contributed by atoms with Gasteiger partial charge < -0.3 is 4.57 Å². The normalized spacial score (nSPS) is 12.1. The van der Waals surface area contributed by atoms with Crippen LogP contribution < -0.4 is 0 Å². The Hall–Kier alpha value is -7.30. The minimum absolute atomic E-state index is 0.661. The van der Waals surface area contributed by atoms with Crippen molar-refractivity contribution in [3.8, 4) is 22.9 Å². The molecule has 4 nitrogen and oxygen atoms in total. The lowest BCUT2D eigenvalue weighted by molar-refractivity contribution is 1.01. The molecule has 0 aliphatic rings. The average Bonchev–Trinajstić information content (AvgIpc) is 3.74. The van der Waals surface area contributed by atoms with E-state index in [1.54, 1.807) is 0 Å². The maximum atomic E-state index is 5.51.